The van der Waals surface area contributed by atoms with E-state index in [4.69, 9.17) is 0 Å². The quantitative estimate of drug-likeness (QED) is 0.707. The van der Waals surface area contributed by atoms with Crippen molar-refractivity contribution in [3.8, 4) is 0 Å². The Morgan fingerprint density at radius 1 is 1.79 bits per heavy atom. The fraction of sp³-hybridized carbons (Fsp3) is 0.667. The molecule has 1 aromatic rings. The Hall–Kier alpha value is -1.23. The molecule has 1 aliphatic heterocycles. The van der Waals surface area contributed by atoms with Gasteiger partial charge in [0.15, 0.2) is 0 Å². The van der Waals surface area contributed by atoms with Crippen molar-refractivity contribution in [2.75, 3.05) is 13.1 Å². The van der Waals surface area contributed by atoms with Crippen LogP contribution in [0.15, 0.2) is 6.20 Å². The number of hydrogen-bond donors (Lipinski definition) is 1. The largest absolute Gasteiger partial charge is 0.316 e. The highest BCUT2D eigenvalue weighted by Crippen LogP contribution is 2.11. The van der Waals surface area contributed by atoms with Gasteiger partial charge in [0.25, 0.3) is 0 Å². The zero-order chi connectivity index (χ0) is 9.97. The Morgan fingerprint density at radius 2 is 2.64 bits per heavy atom. The lowest BCUT2D eigenvalue weighted by atomic mass is 10.00. The predicted octanol–water partition coefficient (Wildman–Crippen LogP) is -0.464. The van der Waals surface area contributed by atoms with Crippen LogP contribution >= 0.6 is 0 Å². The van der Waals surface area contributed by atoms with Crippen molar-refractivity contribution in [2.24, 2.45) is 13.0 Å². The molecule has 2 rings (SSSR count). The van der Waals surface area contributed by atoms with Crippen LogP contribution < -0.4 is 5.32 Å². The van der Waals surface area contributed by atoms with Gasteiger partial charge in [0.2, 0.25) is 0 Å². The molecule has 0 amide bonds. The zero-order valence-electron chi connectivity index (χ0n) is 8.23. The molecule has 1 aromatic heterocycles. The Bertz CT molecular complexity index is 327. The van der Waals surface area contributed by atoms with Gasteiger partial charge in [-0.25, -0.2) is 0 Å². The maximum Gasteiger partial charge on any atom is 0.143 e. The lowest BCUT2D eigenvalue weighted by Crippen LogP contribution is -2.19. The Labute approximate surface area is 82.5 Å². The molecule has 1 unspecified atom stereocenters. The molecule has 1 saturated heterocycles. The van der Waals surface area contributed by atoms with Crippen LogP contribution in [0.1, 0.15) is 12.1 Å². The Morgan fingerprint density at radius 3 is 3.21 bits per heavy atom. The van der Waals surface area contributed by atoms with Crippen molar-refractivity contribution in [1.29, 1.82) is 0 Å². The van der Waals surface area contributed by atoms with Gasteiger partial charge in [-0.15, -0.1) is 5.10 Å². The lowest BCUT2D eigenvalue weighted by molar-refractivity contribution is -0.121. The Kier molecular flexibility index (Phi) is 2.58. The third-order valence-corrected chi connectivity index (χ3v) is 2.52. The highest BCUT2D eigenvalue weighted by molar-refractivity contribution is 5.83. The van der Waals surface area contributed by atoms with Gasteiger partial charge in [-0.1, -0.05) is 5.21 Å². The predicted molar refractivity (Wildman–Crippen MR) is 50.7 cm³/mol. The number of nitrogens with zero attached hydrogens (tertiary/aromatic N) is 3. The molecule has 14 heavy (non-hydrogen) atoms. The van der Waals surface area contributed by atoms with Crippen LogP contribution in [0.5, 0.6) is 0 Å². The molecule has 5 heteroatoms. The molecular formula is C9H14N4O. The van der Waals surface area contributed by atoms with Gasteiger partial charge in [-0.2, -0.15) is 0 Å². The van der Waals surface area contributed by atoms with E-state index in [0.717, 1.165) is 25.2 Å². The number of carbonyl (C=O) groups excluding carboxylic acids is 1. The monoisotopic (exact) mass is 194 g/mol. The first-order valence-corrected chi connectivity index (χ1v) is 4.84. The summed E-state index contributed by atoms with van der Waals surface area (Å²) in [5.41, 5.74) is 0.768. The molecule has 5 nitrogen and oxygen atoms in total. The maximum absolute atomic E-state index is 11.7. The van der Waals surface area contributed by atoms with E-state index < -0.39 is 0 Å². The van der Waals surface area contributed by atoms with Gasteiger partial charge in [0.1, 0.15) is 5.78 Å². The second kappa shape index (κ2) is 3.88. The summed E-state index contributed by atoms with van der Waals surface area (Å²) in [5, 5.41) is 10.9. The number of hydrogen-bond acceptors (Lipinski definition) is 4. The van der Waals surface area contributed by atoms with Crippen molar-refractivity contribution in [3.05, 3.63) is 11.9 Å². The molecule has 76 valence electrons. The van der Waals surface area contributed by atoms with Crippen LogP contribution in [0.25, 0.3) is 0 Å². The third-order valence-electron chi connectivity index (χ3n) is 2.52. The van der Waals surface area contributed by atoms with Crippen LogP contribution in [0.3, 0.4) is 0 Å². The molecule has 0 aliphatic carbocycles. The smallest absolute Gasteiger partial charge is 0.143 e. The summed E-state index contributed by atoms with van der Waals surface area (Å²) in [4.78, 5) is 11.7. The number of carbonyl (C=O) groups is 1. The van der Waals surface area contributed by atoms with Gasteiger partial charge < -0.3 is 5.32 Å². The van der Waals surface area contributed by atoms with E-state index in [1.165, 1.54) is 0 Å². The fourth-order valence-corrected chi connectivity index (χ4v) is 1.73. The first-order chi connectivity index (χ1) is 6.75. The van der Waals surface area contributed by atoms with Crippen molar-refractivity contribution in [1.82, 2.24) is 20.3 Å². The minimum absolute atomic E-state index is 0.178. The molecule has 1 N–H and O–H groups in total. The maximum atomic E-state index is 11.7. The van der Waals surface area contributed by atoms with Crippen LogP contribution in [0.2, 0.25) is 0 Å². The summed E-state index contributed by atoms with van der Waals surface area (Å²) >= 11 is 0. The second-order valence-corrected chi connectivity index (χ2v) is 3.72. The van der Waals surface area contributed by atoms with E-state index in [2.05, 4.69) is 15.6 Å². The minimum Gasteiger partial charge on any atom is -0.316 e. The van der Waals surface area contributed by atoms with Crippen LogP contribution in [-0.2, 0) is 18.3 Å². The zero-order valence-corrected chi connectivity index (χ0v) is 8.23. The SMILES string of the molecule is Cn1cc(CC(=O)C2CCNC2)nn1. The molecule has 1 aliphatic rings. The van der Waals surface area contributed by atoms with Gasteiger partial charge in [0.05, 0.1) is 12.1 Å². The lowest BCUT2D eigenvalue weighted by Gasteiger charge is -2.04. The molecule has 0 radical (unpaired) electrons. The van der Waals surface area contributed by atoms with E-state index in [9.17, 15) is 4.79 Å². The normalized spacial score (nSPS) is 21.4. The number of rotatable bonds is 3. The molecule has 1 atom stereocenters. The number of nitrogens with one attached hydrogen (secondary N) is 1. The molecule has 0 bridgehead atoms. The third kappa shape index (κ3) is 1.98. The first-order valence-electron chi connectivity index (χ1n) is 4.84. The van der Waals surface area contributed by atoms with Crippen LogP contribution in [0, 0.1) is 5.92 Å². The molecule has 2 heterocycles. The average Bonchev–Trinajstić information content (AvgIpc) is 2.75. The van der Waals surface area contributed by atoms with Crippen LogP contribution in [0.4, 0.5) is 0 Å². The number of aromatic nitrogens is 3. The van der Waals surface area contributed by atoms with Gasteiger partial charge in [0, 0.05) is 25.7 Å². The minimum atomic E-state index is 0.178. The average molecular weight is 194 g/mol. The van der Waals surface area contributed by atoms with Crippen molar-refractivity contribution in [2.45, 2.75) is 12.8 Å². The van der Waals surface area contributed by atoms with Crippen molar-refractivity contribution < 1.29 is 4.79 Å². The molecule has 0 saturated carbocycles. The first kappa shape index (κ1) is 9.33. The van der Waals surface area contributed by atoms with E-state index in [1.807, 2.05) is 0 Å². The summed E-state index contributed by atoms with van der Waals surface area (Å²) < 4.78 is 1.62. The van der Waals surface area contributed by atoms with E-state index in [-0.39, 0.29) is 11.7 Å². The summed E-state index contributed by atoms with van der Waals surface area (Å²) in [6.07, 6.45) is 3.17. The summed E-state index contributed by atoms with van der Waals surface area (Å²) in [6, 6.07) is 0. The van der Waals surface area contributed by atoms with E-state index >= 15 is 0 Å². The molecule has 0 aromatic carbocycles. The summed E-state index contributed by atoms with van der Waals surface area (Å²) in [6.45, 7) is 1.77. The number of Topliss-reactive ketones (excluding diaryl/α,β-unsaturated/α-hetero) is 1. The standard InChI is InChI=1S/C9H14N4O/c1-13-6-8(11-12-13)4-9(14)7-2-3-10-5-7/h6-7,10H,2-5H2,1H3. The highest BCUT2D eigenvalue weighted by Gasteiger charge is 2.22. The topological polar surface area (TPSA) is 59.8 Å². The van der Waals surface area contributed by atoms with Crippen molar-refractivity contribution >= 4 is 5.78 Å². The van der Waals surface area contributed by atoms with E-state index in [0.29, 0.717) is 6.42 Å². The molecule has 0 spiro atoms. The van der Waals surface area contributed by atoms with Gasteiger partial charge in [-0.3, -0.25) is 9.48 Å². The van der Waals surface area contributed by atoms with Crippen molar-refractivity contribution in [3.63, 3.8) is 0 Å². The van der Waals surface area contributed by atoms with Gasteiger partial charge in [-0.05, 0) is 13.0 Å². The number of ketones is 1. The van der Waals surface area contributed by atoms with Gasteiger partial charge >= 0.3 is 0 Å². The molecular weight excluding hydrogens is 180 g/mol. The van der Waals surface area contributed by atoms with Crippen LogP contribution in [-0.4, -0.2) is 33.9 Å². The Balaban J connectivity index is 1.93. The van der Waals surface area contributed by atoms with E-state index in [1.54, 1.807) is 17.9 Å². The highest BCUT2D eigenvalue weighted by atomic mass is 16.1. The fourth-order valence-electron chi connectivity index (χ4n) is 1.73. The molecule has 1 fully saturated rings. The summed E-state index contributed by atoms with van der Waals surface area (Å²) in [5.74, 6) is 0.451. The number of aryl methyl sites for hydroxylation is 1. The summed E-state index contributed by atoms with van der Waals surface area (Å²) in [7, 11) is 1.80. The second-order valence-electron chi connectivity index (χ2n) is 3.72.